The van der Waals surface area contributed by atoms with E-state index < -0.39 is 24.4 Å². The van der Waals surface area contributed by atoms with Crippen LogP contribution in [-0.4, -0.2) is 34.4 Å². The summed E-state index contributed by atoms with van der Waals surface area (Å²) in [5, 5.41) is 2.17. The second kappa shape index (κ2) is 7.65. The Labute approximate surface area is 145 Å². The molecule has 0 atom stereocenters. The van der Waals surface area contributed by atoms with E-state index in [4.69, 9.17) is 4.74 Å². The minimum absolute atomic E-state index is 0.0144. The Balaban J connectivity index is 1.88. The number of nitrogens with zero attached hydrogens (tertiary/aromatic N) is 2. The van der Waals surface area contributed by atoms with Crippen molar-refractivity contribution in [2.75, 3.05) is 6.61 Å². The monoisotopic (exact) mass is 341 g/mol. The first kappa shape index (κ1) is 18.3. The van der Waals surface area contributed by atoms with E-state index in [1.807, 2.05) is 12.1 Å². The van der Waals surface area contributed by atoms with Crippen LogP contribution in [0.5, 0.6) is 0 Å². The number of esters is 1. The molecule has 2 amide bonds. The highest BCUT2D eigenvalue weighted by molar-refractivity contribution is 6.05. The Kier molecular flexibility index (Phi) is 5.59. The fourth-order valence-electron chi connectivity index (χ4n) is 1.97. The van der Waals surface area contributed by atoms with Gasteiger partial charge in [0.15, 0.2) is 12.3 Å². The molecule has 2 aromatic rings. The van der Waals surface area contributed by atoms with Gasteiger partial charge in [-0.25, -0.2) is 9.78 Å². The summed E-state index contributed by atoms with van der Waals surface area (Å²) in [4.78, 5) is 42.9. The molecule has 0 bridgehead atoms. The lowest BCUT2D eigenvalue weighted by Gasteiger charge is -2.18. The molecule has 0 fully saturated rings. The quantitative estimate of drug-likeness (QED) is 0.853. The van der Waals surface area contributed by atoms with Crippen molar-refractivity contribution in [3.05, 3.63) is 59.7 Å². The van der Waals surface area contributed by atoms with Gasteiger partial charge < -0.3 is 4.74 Å². The van der Waals surface area contributed by atoms with E-state index in [1.54, 1.807) is 12.1 Å². The van der Waals surface area contributed by atoms with E-state index in [0.29, 0.717) is 5.56 Å². The lowest BCUT2D eigenvalue weighted by molar-refractivity contribution is -0.123. The van der Waals surface area contributed by atoms with Crippen LogP contribution in [0.15, 0.2) is 42.9 Å². The Hall–Kier alpha value is -3.09. The molecule has 0 aliphatic heterocycles. The smallest absolute Gasteiger partial charge is 0.359 e. The summed E-state index contributed by atoms with van der Waals surface area (Å²) in [5.41, 5.74) is 1.38. The minimum Gasteiger partial charge on any atom is -0.451 e. The summed E-state index contributed by atoms with van der Waals surface area (Å²) in [6.07, 6.45) is 3.97. The first-order valence-electron chi connectivity index (χ1n) is 7.65. The molecule has 0 aliphatic rings. The summed E-state index contributed by atoms with van der Waals surface area (Å²) in [6.45, 7) is 5.62. The predicted molar refractivity (Wildman–Crippen MR) is 89.9 cm³/mol. The first-order chi connectivity index (χ1) is 11.8. The van der Waals surface area contributed by atoms with Crippen LogP contribution >= 0.6 is 0 Å². The van der Waals surface area contributed by atoms with E-state index in [9.17, 15) is 14.4 Å². The number of imide groups is 1. The van der Waals surface area contributed by atoms with Gasteiger partial charge in [0.2, 0.25) is 0 Å². The highest BCUT2D eigenvalue weighted by Crippen LogP contribution is 2.22. The molecule has 25 heavy (non-hydrogen) atoms. The number of hydrogen-bond acceptors (Lipinski definition) is 6. The summed E-state index contributed by atoms with van der Waals surface area (Å²) in [5.74, 6) is -2.06. The van der Waals surface area contributed by atoms with Crippen LogP contribution in [0.1, 0.15) is 47.2 Å². The van der Waals surface area contributed by atoms with Crippen molar-refractivity contribution in [2.45, 2.75) is 26.2 Å². The molecule has 130 valence electrons. The lowest BCUT2D eigenvalue weighted by Crippen LogP contribution is -2.34. The normalized spacial score (nSPS) is 10.8. The highest BCUT2D eigenvalue weighted by Gasteiger charge is 2.16. The van der Waals surface area contributed by atoms with Crippen molar-refractivity contribution >= 4 is 17.8 Å². The fraction of sp³-hybridized carbons (Fsp3) is 0.278. The summed E-state index contributed by atoms with van der Waals surface area (Å²) in [6, 6.07) is 6.98. The number of carbonyl (C=O) groups excluding carboxylic acids is 3. The largest absolute Gasteiger partial charge is 0.451 e. The molecule has 7 heteroatoms. The van der Waals surface area contributed by atoms with Gasteiger partial charge in [0, 0.05) is 18.0 Å². The van der Waals surface area contributed by atoms with Crippen LogP contribution in [0.4, 0.5) is 0 Å². The molecule has 2 rings (SSSR count). The van der Waals surface area contributed by atoms with Gasteiger partial charge in [0.05, 0.1) is 6.20 Å². The zero-order chi connectivity index (χ0) is 18.4. The van der Waals surface area contributed by atoms with Gasteiger partial charge in [-0.1, -0.05) is 32.9 Å². The molecule has 0 spiro atoms. The Morgan fingerprint density at radius 1 is 1.08 bits per heavy atom. The number of rotatable bonds is 4. The van der Waals surface area contributed by atoms with Gasteiger partial charge in [-0.05, 0) is 23.1 Å². The lowest BCUT2D eigenvalue weighted by atomic mass is 9.87. The average Bonchev–Trinajstić information content (AvgIpc) is 2.59. The van der Waals surface area contributed by atoms with Gasteiger partial charge in [-0.3, -0.25) is 19.9 Å². The number of amides is 2. The Morgan fingerprint density at radius 3 is 2.32 bits per heavy atom. The molecule has 0 saturated heterocycles. The van der Waals surface area contributed by atoms with Gasteiger partial charge in [0.25, 0.3) is 11.8 Å². The maximum atomic E-state index is 12.0. The number of benzene rings is 1. The zero-order valence-corrected chi connectivity index (χ0v) is 14.3. The van der Waals surface area contributed by atoms with Gasteiger partial charge in [-0.15, -0.1) is 0 Å². The van der Waals surface area contributed by atoms with Crippen LogP contribution in [0.3, 0.4) is 0 Å². The third-order valence-corrected chi connectivity index (χ3v) is 3.37. The standard InChI is InChI=1S/C18H19N3O4/c1-18(2,3)13-6-4-12(5-7-13)16(23)21-15(22)11-25-17(24)14-10-19-8-9-20-14/h4-10H,11H2,1-3H3,(H,21,22,23). The van der Waals surface area contributed by atoms with Crippen molar-refractivity contribution < 1.29 is 19.1 Å². The van der Waals surface area contributed by atoms with Crippen molar-refractivity contribution in [3.8, 4) is 0 Å². The second-order valence-electron chi connectivity index (χ2n) is 6.37. The number of aromatic nitrogens is 2. The Bertz CT molecular complexity index is 765. The average molecular weight is 341 g/mol. The van der Waals surface area contributed by atoms with Crippen molar-refractivity contribution in [3.63, 3.8) is 0 Å². The van der Waals surface area contributed by atoms with Gasteiger partial charge >= 0.3 is 5.97 Å². The van der Waals surface area contributed by atoms with Crippen LogP contribution in [-0.2, 0) is 14.9 Å². The zero-order valence-electron chi connectivity index (χ0n) is 14.3. The third-order valence-electron chi connectivity index (χ3n) is 3.37. The van der Waals surface area contributed by atoms with Crippen LogP contribution in [0, 0.1) is 0 Å². The molecule has 1 aromatic heterocycles. The molecule has 1 heterocycles. The number of nitrogens with one attached hydrogen (secondary N) is 1. The Morgan fingerprint density at radius 2 is 1.76 bits per heavy atom. The van der Waals surface area contributed by atoms with Gasteiger partial charge in [-0.2, -0.15) is 0 Å². The van der Waals surface area contributed by atoms with E-state index >= 15 is 0 Å². The summed E-state index contributed by atoms with van der Waals surface area (Å²) < 4.78 is 4.78. The number of ether oxygens (including phenoxy) is 1. The number of carbonyl (C=O) groups is 3. The van der Waals surface area contributed by atoms with E-state index in [0.717, 1.165) is 5.56 Å². The molecular formula is C18H19N3O4. The minimum atomic E-state index is -0.787. The topological polar surface area (TPSA) is 98.2 Å². The van der Waals surface area contributed by atoms with Crippen molar-refractivity contribution in [1.29, 1.82) is 0 Å². The maximum Gasteiger partial charge on any atom is 0.359 e. The molecule has 0 unspecified atom stereocenters. The van der Waals surface area contributed by atoms with E-state index in [1.165, 1.54) is 18.6 Å². The van der Waals surface area contributed by atoms with Crippen LogP contribution in [0.25, 0.3) is 0 Å². The molecule has 1 N–H and O–H groups in total. The third kappa shape index (κ3) is 5.20. The molecule has 7 nitrogen and oxygen atoms in total. The molecule has 0 aliphatic carbocycles. The van der Waals surface area contributed by atoms with Crippen LogP contribution in [0.2, 0.25) is 0 Å². The second-order valence-corrected chi connectivity index (χ2v) is 6.37. The van der Waals surface area contributed by atoms with Crippen LogP contribution < -0.4 is 5.32 Å². The molecule has 0 radical (unpaired) electrons. The fourth-order valence-corrected chi connectivity index (χ4v) is 1.97. The maximum absolute atomic E-state index is 12.0. The molecule has 0 saturated carbocycles. The predicted octanol–water partition coefficient (Wildman–Crippen LogP) is 1.89. The summed E-state index contributed by atoms with van der Waals surface area (Å²) >= 11 is 0. The molecule has 1 aromatic carbocycles. The number of hydrogen-bond donors (Lipinski definition) is 1. The van der Waals surface area contributed by atoms with Gasteiger partial charge in [0.1, 0.15) is 0 Å². The van der Waals surface area contributed by atoms with E-state index in [2.05, 4.69) is 36.1 Å². The summed E-state index contributed by atoms with van der Waals surface area (Å²) in [7, 11) is 0. The van der Waals surface area contributed by atoms with Crippen molar-refractivity contribution in [1.82, 2.24) is 15.3 Å². The first-order valence-corrected chi connectivity index (χ1v) is 7.65. The van der Waals surface area contributed by atoms with Crippen molar-refractivity contribution in [2.24, 2.45) is 0 Å². The SMILES string of the molecule is CC(C)(C)c1ccc(C(=O)NC(=O)COC(=O)c2cnccn2)cc1. The van der Waals surface area contributed by atoms with E-state index in [-0.39, 0.29) is 11.1 Å². The molecular weight excluding hydrogens is 322 g/mol. The highest BCUT2D eigenvalue weighted by atomic mass is 16.5.